The highest BCUT2D eigenvalue weighted by atomic mass is 32.1. The molecule has 0 fully saturated rings. The van der Waals surface area contributed by atoms with E-state index >= 15 is 0 Å². The van der Waals surface area contributed by atoms with Crippen LogP contribution in [0, 0.1) is 6.92 Å². The number of aryl methyl sites for hydroxylation is 1. The zero-order valence-corrected chi connectivity index (χ0v) is 8.47. The predicted molar refractivity (Wildman–Crippen MR) is 53.9 cm³/mol. The molecule has 0 spiro atoms. The molecule has 1 atom stereocenters. The topological polar surface area (TPSA) is 52.5 Å². The average Bonchev–Trinajstić information content (AvgIpc) is 2.51. The Bertz CT molecular complexity index is 250. The van der Waals surface area contributed by atoms with Crippen molar-refractivity contribution in [3.63, 3.8) is 0 Å². The molecule has 13 heavy (non-hydrogen) atoms. The van der Waals surface area contributed by atoms with Gasteiger partial charge in [0.15, 0.2) is 0 Å². The highest BCUT2D eigenvalue weighted by Crippen LogP contribution is 2.14. The molecule has 1 aromatic rings. The fourth-order valence-electron chi connectivity index (χ4n) is 1.01. The highest BCUT2D eigenvalue weighted by Gasteiger charge is 2.01. The Balaban J connectivity index is 2.20. The van der Waals surface area contributed by atoms with Crippen molar-refractivity contribution in [1.29, 1.82) is 0 Å². The zero-order valence-electron chi connectivity index (χ0n) is 7.66. The smallest absolute Gasteiger partial charge is 0.0895 e. The van der Waals surface area contributed by atoms with E-state index in [1.54, 1.807) is 11.3 Å². The van der Waals surface area contributed by atoms with Crippen LogP contribution in [-0.4, -0.2) is 29.5 Å². The van der Waals surface area contributed by atoms with Crippen LogP contribution in [0.4, 0.5) is 0 Å². The standard InChI is InChI=1S/C9H15NO2S/c1-7-2-3-9(13-7)5-10-4-8(12)6-11/h2-3,8,10-12H,4-6H2,1H3/t8-/m0/s1. The Morgan fingerprint density at radius 2 is 2.31 bits per heavy atom. The summed E-state index contributed by atoms with van der Waals surface area (Å²) in [5, 5.41) is 20.6. The van der Waals surface area contributed by atoms with E-state index < -0.39 is 6.10 Å². The number of thiophene rings is 1. The molecule has 0 amide bonds. The van der Waals surface area contributed by atoms with Gasteiger partial charge >= 0.3 is 0 Å². The summed E-state index contributed by atoms with van der Waals surface area (Å²) in [7, 11) is 0. The van der Waals surface area contributed by atoms with E-state index in [4.69, 9.17) is 10.2 Å². The number of hydrogen-bond donors (Lipinski definition) is 3. The van der Waals surface area contributed by atoms with Crippen LogP contribution in [0.1, 0.15) is 9.75 Å². The molecule has 3 N–H and O–H groups in total. The lowest BCUT2D eigenvalue weighted by atomic mass is 10.3. The first-order valence-electron chi connectivity index (χ1n) is 4.27. The highest BCUT2D eigenvalue weighted by molar-refractivity contribution is 7.11. The molecule has 0 aliphatic carbocycles. The molecule has 4 heteroatoms. The van der Waals surface area contributed by atoms with Crippen molar-refractivity contribution >= 4 is 11.3 Å². The summed E-state index contributed by atoms with van der Waals surface area (Å²) in [6.07, 6.45) is -0.652. The Morgan fingerprint density at radius 1 is 1.54 bits per heavy atom. The van der Waals surface area contributed by atoms with E-state index in [2.05, 4.69) is 24.4 Å². The monoisotopic (exact) mass is 201 g/mol. The molecule has 1 rings (SSSR count). The fraction of sp³-hybridized carbons (Fsp3) is 0.556. The molecular weight excluding hydrogens is 186 g/mol. The van der Waals surface area contributed by atoms with Gasteiger partial charge in [0, 0.05) is 22.8 Å². The fourth-order valence-corrected chi connectivity index (χ4v) is 1.87. The van der Waals surface area contributed by atoms with Crippen molar-refractivity contribution in [3.8, 4) is 0 Å². The molecule has 0 bridgehead atoms. The first-order chi connectivity index (χ1) is 6.22. The molecule has 0 radical (unpaired) electrons. The molecular formula is C9H15NO2S. The van der Waals surface area contributed by atoms with Gasteiger partial charge in [0.25, 0.3) is 0 Å². The van der Waals surface area contributed by atoms with Crippen molar-refractivity contribution < 1.29 is 10.2 Å². The number of aliphatic hydroxyl groups excluding tert-OH is 2. The number of hydrogen-bond acceptors (Lipinski definition) is 4. The van der Waals surface area contributed by atoms with Crippen LogP contribution >= 0.6 is 11.3 Å². The Kier molecular flexibility index (Phi) is 4.38. The summed E-state index contributed by atoms with van der Waals surface area (Å²) >= 11 is 1.74. The maximum absolute atomic E-state index is 9.03. The summed E-state index contributed by atoms with van der Waals surface area (Å²) in [6.45, 7) is 3.08. The second-order valence-corrected chi connectivity index (χ2v) is 4.35. The molecule has 0 saturated heterocycles. The summed E-state index contributed by atoms with van der Waals surface area (Å²) < 4.78 is 0. The summed E-state index contributed by atoms with van der Waals surface area (Å²) in [5.74, 6) is 0. The lowest BCUT2D eigenvalue weighted by Crippen LogP contribution is -2.28. The van der Waals surface area contributed by atoms with Crippen LogP contribution < -0.4 is 5.32 Å². The molecule has 3 nitrogen and oxygen atoms in total. The van der Waals surface area contributed by atoms with Crippen molar-refractivity contribution in [3.05, 3.63) is 21.9 Å². The minimum Gasteiger partial charge on any atom is -0.394 e. The van der Waals surface area contributed by atoms with Crippen molar-refractivity contribution in [2.24, 2.45) is 0 Å². The third kappa shape index (κ3) is 3.87. The van der Waals surface area contributed by atoms with Crippen LogP contribution in [0.5, 0.6) is 0 Å². The summed E-state index contributed by atoms with van der Waals surface area (Å²) in [5.41, 5.74) is 0. The molecule has 0 aliphatic heterocycles. The maximum atomic E-state index is 9.03. The van der Waals surface area contributed by atoms with Crippen LogP contribution in [0.25, 0.3) is 0 Å². The van der Waals surface area contributed by atoms with Gasteiger partial charge in [-0.2, -0.15) is 0 Å². The first kappa shape index (κ1) is 10.7. The van der Waals surface area contributed by atoms with Gasteiger partial charge in [-0.1, -0.05) is 0 Å². The molecule has 0 aliphatic rings. The van der Waals surface area contributed by atoms with Crippen molar-refractivity contribution in [2.45, 2.75) is 19.6 Å². The zero-order chi connectivity index (χ0) is 9.68. The Hall–Kier alpha value is -0.420. The first-order valence-corrected chi connectivity index (χ1v) is 5.09. The van der Waals surface area contributed by atoms with Crippen molar-refractivity contribution in [1.82, 2.24) is 5.32 Å². The van der Waals surface area contributed by atoms with E-state index in [-0.39, 0.29) is 6.61 Å². The molecule has 0 aromatic carbocycles. The van der Waals surface area contributed by atoms with E-state index in [9.17, 15) is 0 Å². The number of nitrogens with one attached hydrogen (secondary N) is 1. The average molecular weight is 201 g/mol. The van der Waals surface area contributed by atoms with Crippen molar-refractivity contribution in [2.75, 3.05) is 13.2 Å². The van der Waals surface area contributed by atoms with Crippen LogP contribution in [0.3, 0.4) is 0 Å². The van der Waals surface area contributed by atoms with E-state index in [1.165, 1.54) is 9.75 Å². The van der Waals surface area contributed by atoms with Gasteiger partial charge in [0.2, 0.25) is 0 Å². The van der Waals surface area contributed by atoms with E-state index in [1.807, 2.05) is 0 Å². The van der Waals surface area contributed by atoms with Crippen LogP contribution in [0.15, 0.2) is 12.1 Å². The van der Waals surface area contributed by atoms with Gasteiger partial charge in [-0.25, -0.2) is 0 Å². The SMILES string of the molecule is Cc1ccc(CNC[C@H](O)CO)s1. The van der Waals surface area contributed by atoms with E-state index in [0.29, 0.717) is 6.54 Å². The van der Waals surface area contributed by atoms with Gasteiger partial charge in [0.1, 0.15) is 0 Å². The van der Waals surface area contributed by atoms with Gasteiger partial charge in [-0.05, 0) is 19.1 Å². The number of aliphatic hydroxyl groups is 2. The van der Waals surface area contributed by atoms with Crippen LogP contribution in [0.2, 0.25) is 0 Å². The molecule has 0 saturated carbocycles. The third-order valence-corrected chi connectivity index (χ3v) is 2.69. The van der Waals surface area contributed by atoms with Gasteiger partial charge in [0.05, 0.1) is 12.7 Å². The normalized spacial score (nSPS) is 13.2. The maximum Gasteiger partial charge on any atom is 0.0895 e. The molecule has 1 heterocycles. The quantitative estimate of drug-likeness (QED) is 0.650. The predicted octanol–water partition coefficient (Wildman–Crippen LogP) is 0.499. The number of rotatable bonds is 5. The molecule has 1 aromatic heterocycles. The summed E-state index contributed by atoms with van der Waals surface area (Å²) in [4.78, 5) is 2.54. The van der Waals surface area contributed by atoms with Crippen LogP contribution in [-0.2, 0) is 6.54 Å². The largest absolute Gasteiger partial charge is 0.394 e. The Morgan fingerprint density at radius 3 is 2.85 bits per heavy atom. The van der Waals surface area contributed by atoms with Gasteiger partial charge in [-0.15, -0.1) is 11.3 Å². The Labute approximate surface area is 82.0 Å². The lowest BCUT2D eigenvalue weighted by Gasteiger charge is -2.07. The van der Waals surface area contributed by atoms with Gasteiger partial charge < -0.3 is 15.5 Å². The van der Waals surface area contributed by atoms with E-state index in [0.717, 1.165) is 6.54 Å². The van der Waals surface area contributed by atoms with Gasteiger partial charge in [-0.3, -0.25) is 0 Å². The minimum atomic E-state index is -0.652. The summed E-state index contributed by atoms with van der Waals surface area (Å²) in [6, 6.07) is 4.14. The minimum absolute atomic E-state index is 0.184. The second kappa shape index (κ2) is 5.34. The third-order valence-electron chi connectivity index (χ3n) is 1.69. The second-order valence-electron chi connectivity index (χ2n) is 2.98. The lowest BCUT2D eigenvalue weighted by molar-refractivity contribution is 0.0943. The molecule has 74 valence electrons. The molecule has 0 unspecified atom stereocenters.